The molecule has 1 aliphatic rings. The van der Waals surface area contributed by atoms with E-state index in [9.17, 15) is 19.7 Å². The normalized spacial score (nSPS) is 18.4. The summed E-state index contributed by atoms with van der Waals surface area (Å²) in [6.45, 7) is 7.06. The molecule has 1 unspecified atom stereocenters. The molecule has 0 N–H and O–H groups in total. The highest BCUT2D eigenvalue weighted by Crippen LogP contribution is 2.41. The van der Waals surface area contributed by atoms with Crippen molar-refractivity contribution in [3.8, 4) is 0 Å². The number of carbonyl (C=O) groups is 2. The molecule has 30 heavy (non-hydrogen) atoms. The first kappa shape index (κ1) is 23.3. The fraction of sp³-hybridized carbons (Fsp3) is 0.381. The van der Waals surface area contributed by atoms with Crippen molar-refractivity contribution in [3.63, 3.8) is 0 Å². The molecule has 0 aliphatic carbocycles. The van der Waals surface area contributed by atoms with Gasteiger partial charge in [-0.05, 0) is 25.7 Å². The number of esters is 2. The number of carbonyl (C=O) groups excluding carboxylic acids is 2. The van der Waals surface area contributed by atoms with Gasteiger partial charge in [-0.1, -0.05) is 24.8 Å². The second-order valence-electron chi connectivity index (χ2n) is 6.61. The van der Waals surface area contributed by atoms with Crippen LogP contribution in [0.2, 0.25) is 0 Å². The van der Waals surface area contributed by atoms with E-state index in [1.54, 1.807) is 19.9 Å². The molecule has 1 aliphatic heterocycles. The molecule has 0 spiro atoms. The van der Waals surface area contributed by atoms with E-state index in [2.05, 4.69) is 11.6 Å². The molecular weight excluding hydrogens is 408 g/mol. The number of allylic oxidation sites excluding steroid dienone is 1. The Kier molecular flexibility index (Phi) is 8.35. The summed E-state index contributed by atoms with van der Waals surface area (Å²) in [5.74, 6) is -2.28. The second kappa shape index (κ2) is 10.7. The topological polar surface area (TPSA) is 108 Å². The Hall–Kier alpha value is -2.94. The summed E-state index contributed by atoms with van der Waals surface area (Å²) >= 11 is 1.53. The first-order valence-electron chi connectivity index (χ1n) is 9.25. The zero-order chi connectivity index (χ0) is 22.3. The molecule has 1 aromatic carbocycles. The van der Waals surface area contributed by atoms with E-state index >= 15 is 0 Å². The number of thioether (sulfide) groups is 1. The largest absolute Gasteiger partial charge is 0.464 e. The minimum Gasteiger partial charge on any atom is -0.464 e. The number of ether oxygens (including phenoxy) is 2. The van der Waals surface area contributed by atoms with Crippen LogP contribution >= 0.6 is 11.8 Å². The van der Waals surface area contributed by atoms with Crippen molar-refractivity contribution in [1.29, 1.82) is 0 Å². The molecule has 0 aromatic heterocycles. The molecule has 0 amide bonds. The molecule has 1 heterocycles. The summed E-state index contributed by atoms with van der Waals surface area (Å²) in [7, 11) is 0. The predicted molar refractivity (Wildman–Crippen MR) is 116 cm³/mol. The zero-order valence-corrected chi connectivity index (χ0v) is 17.9. The van der Waals surface area contributed by atoms with Crippen LogP contribution in [0.3, 0.4) is 0 Å². The predicted octanol–water partition coefficient (Wildman–Crippen LogP) is 3.68. The smallest absolute Gasteiger partial charge is 0.336 e. The fourth-order valence-corrected chi connectivity index (χ4v) is 3.58. The molecular formula is C21H24N2O6S. The second-order valence-corrected chi connectivity index (χ2v) is 7.59. The summed E-state index contributed by atoms with van der Waals surface area (Å²) in [6.07, 6.45) is 3.33. The molecule has 8 nitrogen and oxygen atoms in total. The third-order valence-electron chi connectivity index (χ3n) is 4.61. The SMILES string of the molecule is C=CCOC(=O)C1=C(C)N=C(C)C(C(=O)OCCSC)[C@H]1c1cccc([N+](=O)[O-])c1. The van der Waals surface area contributed by atoms with E-state index in [-0.39, 0.29) is 24.5 Å². The van der Waals surface area contributed by atoms with Gasteiger partial charge in [0, 0.05) is 35.2 Å². The third kappa shape index (κ3) is 5.35. The van der Waals surface area contributed by atoms with E-state index in [1.807, 2.05) is 6.26 Å². The highest BCUT2D eigenvalue weighted by molar-refractivity contribution is 7.98. The van der Waals surface area contributed by atoms with Crippen LogP contribution in [0.4, 0.5) is 5.69 Å². The van der Waals surface area contributed by atoms with Gasteiger partial charge in [0.25, 0.3) is 5.69 Å². The van der Waals surface area contributed by atoms with E-state index in [4.69, 9.17) is 9.47 Å². The Morgan fingerprint density at radius 1 is 1.33 bits per heavy atom. The minimum absolute atomic E-state index is 0.0111. The lowest BCUT2D eigenvalue weighted by molar-refractivity contribution is -0.384. The first-order valence-corrected chi connectivity index (χ1v) is 10.6. The minimum atomic E-state index is -0.899. The van der Waals surface area contributed by atoms with E-state index < -0.39 is 28.7 Å². The molecule has 2 atom stereocenters. The molecule has 0 saturated carbocycles. The van der Waals surface area contributed by atoms with E-state index in [0.29, 0.717) is 22.7 Å². The Morgan fingerprint density at radius 3 is 2.70 bits per heavy atom. The maximum Gasteiger partial charge on any atom is 0.336 e. The summed E-state index contributed by atoms with van der Waals surface area (Å²) in [5, 5.41) is 11.3. The van der Waals surface area contributed by atoms with Gasteiger partial charge in [-0.15, -0.1) is 0 Å². The summed E-state index contributed by atoms with van der Waals surface area (Å²) in [5.41, 5.74) is 1.34. The number of nitrogens with zero attached hydrogens (tertiary/aromatic N) is 2. The third-order valence-corrected chi connectivity index (χ3v) is 5.18. The van der Waals surface area contributed by atoms with Gasteiger partial charge in [0.05, 0.1) is 10.5 Å². The van der Waals surface area contributed by atoms with Crippen LogP contribution in [0, 0.1) is 16.0 Å². The van der Waals surface area contributed by atoms with E-state index in [1.165, 1.54) is 36.0 Å². The van der Waals surface area contributed by atoms with Gasteiger partial charge in [0.15, 0.2) is 0 Å². The molecule has 0 bridgehead atoms. The summed E-state index contributed by atoms with van der Waals surface area (Å²) in [6, 6.07) is 5.88. The molecule has 0 fully saturated rings. The molecule has 2 rings (SSSR count). The number of benzene rings is 1. The van der Waals surface area contributed by atoms with Crippen LogP contribution in [-0.2, 0) is 19.1 Å². The Morgan fingerprint density at radius 2 is 2.07 bits per heavy atom. The molecule has 1 aromatic rings. The number of rotatable bonds is 9. The molecule has 160 valence electrons. The Labute approximate surface area is 179 Å². The van der Waals surface area contributed by atoms with Gasteiger partial charge >= 0.3 is 11.9 Å². The van der Waals surface area contributed by atoms with Crippen LogP contribution in [0.15, 0.2) is 53.2 Å². The van der Waals surface area contributed by atoms with Crippen LogP contribution < -0.4 is 0 Å². The average molecular weight is 432 g/mol. The highest BCUT2D eigenvalue weighted by atomic mass is 32.2. The molecule has 9 heteroatoms. The van der Waals surface area contributed by atoms with Crippen molar-refractivity contribution in [2.75, 3.05) is 25.2 Å². The van der Waals surface area contributed by atoms with Crippen molar-refractivity contribution >= 4 is 35.1 Å². The van der Waals surface area contributed by atoms with Gasteiger partial charge < -0.3 is 9.47 Å². The van der Waals surface area contributed by atoms with Crippen molar-refractivity contribution < 1.29 is 24.0 Å². The number of hydrogen-bond acceptors (Lipinski definition) is 8. The molecule has 0 saturated heterocycles. The quantitative estimate of drug-likeness (QED) is 0.193. The van der Waals surface area contributed by atoms with Crippen LogP contribution in [0.1, 0.15) is 25.3 Å². The number of hydrogen-bond donors (Lipinski definition) is 0. The van der Waals surface area contributed by atoms with Crippen LogP contribution in [0.5, 0.6) is 0 Å². The van der Waals surface area contributed by atoms with Crippen LogP contribution in [0.25, 0.3) is 0 Å². The molecule has 0 radical (unpaired) electrons. The average Bonchev–Trinajstić information content (AvgIpc) is 2.71. The van der Waals surface area contributed by atoms with Crippen molar-refractivity contribution in [3.05, 3.63) is 63.9 Å². The maximum absolute atomic E-state index is 12.9. The van der Waals surface area contributed by atoms with Gasteiger partial charge in [-0.3, -0.25) is 19.9 Å². The number of nitro benzene ring substituents is 1. The monoisotopic (exact) mass is 432 g/mol. The zero-order valence-electron chi connectivity index (χ0n) is 17.1. The number of nitro groups is 1. The maximum atomic E-state index is 12.9. The van der Waals surface area contributed by atoms with Crippen molar-refractivity contribution in [2.24, 2.45) is 10.9 Å². The fourth-order valence-electron chi connectivity index (χ4n) is 3.33. The number of non-ortho nitro benzene ring substituents is 1. The van der Waals surface area contributed by atoms with Gasteiger partial charge in [-0.25, -0.2) is 4.79 Å². The Bertz CT molecular complexity index is 909. The lowest BCUT2D eigenvalue weighted by Gasteiger charge is -2.31. The first-order chi connectivity index (χ1) is 14.3. The van der Waals surface area contributed by atoms with Crippen molar-refractivity contribution in [1.82, 2.24) is 0 Å². The standard InChI is InChI=1S/C21H24N2O6S/c1-5-9-28-20(24)17-13(2)22-14(3)18(21(25)29-10-11-30-4)19(17)15-7-6-8-16(12-15)23(26)27/h5-8,12,18-19H,1,9-11H2,2-4H3/t18?,19-/m0/s1. The van der Waals surface area contributed by atoms with E-state index in [0.717, 1.165) is 0 Å². The lowest BCUT2D eigenvalue weighted by atomic mass is 9.75. The van der Waals surface area contributed by atoms with Gasteiger partial charge in [0.1, 0.15) is 19.1 Å². The lowest BCUT2D eigenvalue weighted by Crippen LogP contribution is -2.36. The van der Waals surface area contributed by atoms with Crippen molar-refractivity contribution in [2.45, 2.75) is 19.8 Å². The van der Waals surface area contributed by atoms with Gasteiger partial charge in [0.2, 0.25) is 0 Å². The summed E-state index contributed by atoms with van der Waals surface area (Å²) < 4.78 is 10.6. The highest BCUT2D eigenvalue weighted by Gasteiger charge is 2.42. The number of aliphatic imine (C=N–C) groups is 1. The van der Waals surface area contributed by atoms with Crippen LogP contribution in [-0.4, -0.2) is 47.8 Å². The van der Waals surface area contributed by atoms with Gasteiger partial charge in [-0.2, -0.15) is 11.8 Å². The Balaban J connectivity index is 2.57. The summed E-state index contributed by atoms with van der Waals surface area (Å²) in [4.78, 5) is 40.9.